The monoisotopic (exact) mass is 280 g/mol. The molecule has 2 rings (SSSR count). The van der Waals surface area contributed by atoms with E-state index in [0.717, 1.165) is 33.2 Å². The van der Waals surface area contributed by atoms with Crippen LogP contribution in [0.3, 0.4) is 0 Å². The molecule has 0 aliphatic heterocycles. The van der Waals surface area contributed by atoms with Gasteiger partial charge in [0.05, 0.1) is 5.56 Å². The number of nitrogens with zero attached hydrogens (tertiary/aromatic N) is 1. The molecule has 0 saturated carbocycles. The highest BCUT2D eigenvalue weighted by atomic mass is 79.9. The fourth-order valence-corrected chi connectivity index (χ4v) is 1.74. The van der Waals surface area contributed by atoms with Gasteiger partial charge in [-0.05, 0) is 22.0 Å². The van der Waals surface area contributed by atoms with Crippen LogP contribution >= 0.6 is 28.6 Å². The molecule has 15 heavy (non-hydrogen) atoms. The van der Waals surface area contributed by atoms with Crippen molar-refractivity contribution in [1.82, 2.24) is 9.97 Å². The van der Waals surface area contributed by atoms with E-state index >= 15 is 0 Å². The Kier molecular flexibility index (Phi) is 3.34. The standard InChI is InChI=1S/C11H9BrN2S/c12-9-5-10-8(3-1-2-4-15)6-13-11(10)14-7-9/h5-7,15H,2,4H2,(H,13,14). The summed E-state index contributed by atoms with van der Waals surface area (Å²) in [5, 5.41) is 1.05. The molecule has 0 aromatic carbocycles. The topological polar surface area (TPSA) is 28.7 Å². The molecular formula is C11H9BrN2S. The molecule has 1 N–H and O–H groups in total. The van der Waals surface area contributed by atoms with Gasteiger partial charge in [0.2, 0.25) is 0 Å². The van der Waals surface area contributed by atoms with Crippen molar-refractivity contribution in [3.63, 3.8) is 0 Å². The number of nitrogens with one attached hydrogen (secondary N) is 1. The average molecular weight is 281 g/mol. The number of aromatic amines is 1. The van der Waals surface area contributed by atoms with Crippen LogP contribution in [0.2, 0.25) is 0 Å². The molecule has 0 aliphatic rings. The molecule has 4 heteroatoms. The van der Waals surface area contributed by atoms with Crippen LogP contribution in [0.5, 0.6) is 0 Å². The van der Waals surface area contributed by atoms with E-state index in [-0.39, 0.29) is 0 Å². The summed E-state index contributed by atoms with van der Waals surface area (Å²) in [6.45, 7) is 0. The first-order valence-electron chi connectivity index (χ1n) is 4.53. The van der Waals surface area contributed by atoms with Gasteiger partial charge in [-0.25, -0.2) is 4.98 Å². The van der Waals surface area contributed by atoms with Gasteiger partial charge in [-0.2, -0.15) is 12.6 Å². The van der Waals surface area contributed by atoms with E-state index in [1.54, 1.807) is 6.20 Å². The zero-order valence-electron chi connectivity index (χ0n) is 7.92. The molecule has 76 valence electrons. The molecule has 0 saturated heterocycles. The summed E-state index contributed by atoms with van der Waals surface area (Å²) in [6.07, 6.45) is 4.45. The Balaban J connectivity index is 2.45. The molecule has 2 aromatic rings. The molecule has 0 aliphatic carbocycles. The Bertz CT molecular complexity index is 536. The first-order chi connectivity index (χ1) is 7.31. The van der Waals surface area contributed by atoms with Gasteiger partial charge in [0.25, 0.3) is 0 Å². The van der Waals surface area contributed by atoms with E-state index in [2.05, 4.69) is 50.4 Å². The van der Waals surface area contributed by atoms with E-state index in [4.69, 9.17) is 0 Å². The van der Waals surface area contributed by atoms with E-state index in [0.29, 0.717) is 0 Å². The molecule has 2 heterocycles. The number of hydrogen-bond acceptors (Lipinski definition) is 2. The van der Waals surface area contributed by atoms with Crippen molar-refractivity contribution in [3.8, 4) is 11.8 Å². The zero-order valence-corrected chi connectivity index (χ0v) is 10.4. The molecule has 0 bridgehead atoms. The SMILES string of the molecule is SCCC#Cc1c[nH]c2ncc(Br)cc12. The van der Waals surface area contributed by atoms with Gasteiger partial charge in [0, 0.05) is 34.4 Å². The first kappa shape index (κ1) is 10.6. The van der Waals surface area contributed by atoms with Crippen LogP contribution in [0.25, 0.3) is 11.0 Å². The number of aromatic nitrogens is 2. The van der Waals surface area contributed by atoms with Gasteiger partial charge in [-0.15, -0.1) is 0 Å². The Labute approximate surface area is 102 Å². The maximum Gasteiger partial charge on any atom is 0.138 e. The Morgan fingerprint density at radius 3 is 3.20 bits per heavy atom. The van der Waals surface area contributed by atoms with Crippen LogP contribution in [0, 0.1) is 11.8 Å². The van der Waals surface area contributed by atoms with Crippen LogP contribution in [0.1, 0.15) is 12.0 Å². The lowest BCUT2D eigenvalue weighted by molar-refractivity contribution is 1.31. The minimum atomic E-state index is 0.789. The molecule has 0 fully saturated rings. The summed E-state index contributed by atoms with van der Waals surface area (Å²) in [4.78, 5) is 7.33. The normalized spacial score (nSPS) is 10.0. The first-order valence-corrected chi connectivity index (χ1v) is 5.96. The molecule has 0 spiro atoms. The fraction of sp³-hybridized carbons (Fsp3) is 0.182. The predicted octanol–water partition coefficient (Wildman–Crippen LogP) is 3.00. The molecule has 0 unspecified atom stereocenters. The maximum atomic E-state index is 4.24. The Hall–Kier alpha value is -0.920. The van der Waals surface area contributed by atoms with E-state index in [1.807, 2.05) is 12.3 Å². The number of halogens is 1. The van der Waals surface area contributed by atoms with Crippen molar-refractivity contribution in [1.29, 1.82) is 0 Å². The van der Waals surface area contributed by atoms with Gasteiger partial charge in [0.1, 0.15) is 5.65 Å². The van der Waals surface area contributed by atoms with Crippen molar-refractivity contribution in [2.45, 2.75) is 6.42 Å². The van der Waals surface area contributed by atoms with Gasteiger partial charge in [-0.1, -0.05) is 11.8 Å². The van der Waals surface area contributed by atoms with E-state index in [1.165, 1.54) is 0 Å². The summed E-state index contributed by atoms with van der Waals surface area (Å²) in [5.41, 5.74) is 1.86. The molecule has 0 atom stereocenters. The van der Waals surface area contributed by atoms with Gasteiger partial charge in [-0.3, -0.25) is 0 Å². The minimum Gasteiger partial charge on any atom is -0.345 e. The van der Waals surface area contributed by atoms with Crippen LogP contribution in [-0.4, -0.2) is 15.7 Å². The molecule has 0 amide bonds. The van der Waals surface area contributed by atoms with Crippen molar-refractivity contribution in [2.24, 2.45) is 0 Å². The lowest BCUT2D eigenvalue weighted by atomic mass is 10.2. The van der Waals surface area contributed by atoms with Crippen molar-refractivity contribution in [3.05, 3.63) is 28.5 Å². The second-order valence-electron chi connectivity index (χ2n) is 3.03. The highest BCUT2D eigenvalue weighted by molar-refractivity contribution is 9.10. The molecular weight excluding hydrogens is 272 g/mol. The third-order valence-corrected chi connectivity index (χ3v) is 2.61. The summed E-state index contributed by atoms with van der Waals surface area (Å²) in [5.74, 6) is 6.95. The smallest absolute Gasteiger partial charge is 0.138 e. The van der Waals surface area contributed by atoms with Gasteiger partial charge < -0.3 is 4.98 Å². The summed E-state index contributed by atoms with van der Waals surface area (Å²) in [6, 6.07) is 2.02. The van der Waals surface area contributed by atoms with Crippen LogP contribution in [0.15, 0.2) is 22.9 Å². The second kappa shape index (κ2) is 4.73. The lowest BCUT2D eigenvalue weighted by Gasteiger charge is -1.91. The van der Waals surface area contributed by atoms with Crippen molar-refractivity contribution in [2.75, 3.05) is 5.75 Å². The van der Waals surface area contributed by atoms with Gasteiger partial charge in [0.15, 0.2) is 0 Å². The third-order valence-electron chi connectivity index (χ3n) is 1.96. The zero-order chi connectivity index (χ0) is 10.7. The van der Waals surface area contributed by atoms with Crippen LogP contribution < -0.4 is 0 Å². The van der Waals surface area contributed by atoms with Crippen molar-refractivity contribution < 1.29 is 0 Å². The highest BCUT2D eigenvalue weighted by Gasteiger charge is 2.02. The molecule has 0 radical (unpaired) electrons. The van der Waals surface area contributed by atoms with Gasteiger partial charge >= 0.3 is 0 Å². The molecule has 2 nitrogen and oxygen atoms in total. The summed E-state index contributed by atoms with van der Waals surface area (Å²) in [7, 11) is 0. The highest BCUT2D eigenvalue weighted by Crippen LogP contribution is 2.19. The third kappa shape index (κ3) is 2.36. The Morgan fingerprint density at radius 2 is 2.40 bits per heavy atom. The summed E-state index contributed by atoms with van der Waals surface area (Å²) >= 11 is 7.51. The van der Waals surface area contributed by atoms with E-state index < -0.39 is 0 Å². The summed E-state index contributed by atoms with van der Waals surface area (Å²) < 4.78 is 0.965. The minimum absolute atomic E-state index is 0.789. The van der Waals surface area contributed by atoms with Crippen LogP contribution in [0.4, 0.5) is 0 Å². The lowest BCUT2D eigenvalue weighted by Crippen LogP contribution is -1.76. The predicted molar refractivity (Wildman–Crippen MR) is 69.1 cm³/mol. The second-order valence-corrected chi connectivity index (χ2v) is 4.39. The average Bonchev–Trinajstić information content (AvgIpc) is 2.62. The van der Waals surface area contributed by atoms with Crippen LogP contribution in [-0.2, 0) is 0 Å². The Morgan fingerprint density at radius 1 is 1.53 bits per heavy atom. The fourth-order valence-electron chi connectivity index (χ4n) is 1.29. The number of thiol groups is 1. The number of pyridine rings is 1. The number of fused-ring (bicyclic) bond motifs is 1. The number of H-pyrrole nitrogens is 1. The quantitative estimate of drug-likeness (QED) is 0.610. The maximum absolute atomic E-state index is 4.24. The molecule has 2 aromatic heterocycles. The van der Waals surface area contributed by atoms with E-state index in [9.17, 15) is 0 Å². The number of hydrogen-bond donors (Lipinski definition) is 2. The largest absolute Gasteiger partial charge is 0.345 e. The number of rotatable bonds is 1. The van der Waals surface area contributed by atoms with Crippen molar-refractivity contribution >= 4 is 39.6 Å².